The Morgan fingerprint density at radius 3 is 2.44 bits per heavy atom. The highest BCUT2D eigenvalue weighted by Gasteiger charge is 2.27. The van der Waals surface area contributed by atoms with Crippen LogP contribution in [-0.2, 0) is 19.6 Å². The van der Waals surface area contributed by atoms with E-state index in [9.17, 15) is 18.0 Å². The Hall–Kier alpha value is -2.26. The molecule has 0 radical (unpaired) electrons. The molecule has 0 aliphatic carbocycles. The molecule has 2 amide bonds. The number of sulfonamides is 1. The highest BCUT2D eigenvalue weighted by molar-refractivity contribution is 7.89. The van der Waals surface area contributed by atoms with E-state index in [-0.39, 0.29) is 35.0 Å². The molecule has 1 aromatic rings. The first-order chi connectivity index (χ1) is 11.5. The first-order valence-electron chi connectivity index (χ1n) is 7.78. The van der Waals surface area contributed by atoms with Crippen LogP contribution in [0.5, 0.6) is 0 Å². The van der Waals surface area contributed by atoms with Crippen LogP contribution in [0.1, 0.15) is 33.6 Å². The van der Waals surface area contributed by atoms with E-state index in [1.807, 2.05) is 0 Å². The molecule has 0 atom stereocenters. The van der Waals surface area contributed by atoms with E-state index in [2.05, 4.69) is 15.1 Å². The molecule has 0 saturated heterocycles. The van der Waals surface area contributed by atoms with Crippen molar-refractivity contribution < 1.29 is 18.0 Å². The third-order valence-electron chi connectivity index (χ3n) is 3.33. The Morgan fingerprint density at radius 1 is 1.20 bits per heavy atom. The molecule has 0 fully saturated rings. The van der Waals surface area contributed by atoms with Crippen molar-refractivity contribution in [2.75, 3.05) is 12.4 Å². The number of para-hydroxylation sites is 1. The van der Waals surface area contributed by atoms with Gasteiger partial charge in [0.2, 0.25) is 15.9 Å². The average Bonchev–Trinajstić information content (AvgIpc) is 2.48. The predicted octanol–water partition coefficient (Wildman–Crippen LogP) is 1.31. The summed E-state index contributed by atoms with van der Waals surface area (Å²) >= 11 is 0. The maximum Gasteiger partial charge on any atom is 0.271 e. The summed E-state index contributed by atoms with van der Waals surface area (Å²) in [5, 5.41) is 7.63. The number of carbonyl (C=O) groups is 2. The largest absolute Gasteiger partial charge is 0.320 e. The minimum absolute atomic E-state index is 0.0286. The molecule has 0 saturated carbocycles. The summed E-state index contributed by atoms with van der Waals surface area (Å²) in [7, 11) is -2.34. The molecule has 0 unspecified atom stereocenters. The van der Waals surface area contributed by atoms with Crippen LogP contribution >= 0.6 is 0 Å². The standard InChI is InChI=1S/C16H22N4O4S/c1-16(2,3)19-25(23,24)13-8-6-5-7-11(13)17-15(22)12-9-10-14(21)20(4)18-12/h5-8,19H,9-10H2,1-4H3,(H,17,22). The first-order valence-corrected chi connectivity index (χ1v) is 9.26. The van der Waals surface area contributed by atoms with Gasteiger partial charge in [0.25, 0.3) is 5.91 Å². The van der Waals surface area contributed by atoms with Crippen LogP contribution < -0.4 is 10.0 Å². The molecular formula is C16H22N4O4S. The fraction of sp³-hybridized carbons (Fsp3) is 0.438. The average molecular weight is 366 g/mol. The van der Waals surface area contributed by atoms with Crippen LogP contribution in [0, 0.1) is 0 Å². The van der Waals surface area contributed by atoms with Gasteiger partial charge in [0.05, 0.1) is 5.69 Å². The van der Waals surface area contributed by atoms with Gasteiger partial charge in [-0.25, -0.2) is 18.1 Å². The zero-order chi connectivity index (χ0) is 18.8. The fourth-order valence-electron chi connectivity index (χ4n) is 2.29. The van der Waals surface area contributed by atoms with Gasteiger partial charge in [-0.3, -0.25) is 9.59 Å². The van der Waals surface area contributed by atoms with E-state index in [0.717, 1.165) is 5.01 Å². The molecule has 1 aliphatic rings. The molecule has 8 nitrogen and oxygen atoms in total. The lowest BCUT2D eigenvalue weighted by Gasteiger charge is -2.22. The third kappa shape index (κ3) is 4.86. The van der Waals surface area contributed by atoms with E-state index >= 15 is 0 Å². The lowest BCUT2D eigenvalue weighted by atomic mass is 10.1. The summed E-state index contributed by atoms with van der Waals surface area (Å²) in [6.45, 7) is 5.19. The number of rotatable bonds is 4. The van der Waals surface area contributed by atoms with Gasteiger partial charge < -0.3 is 5.32 Å². The number of anilines is 1. The van der Waals surface area contributed by atoms with E-state index in [0.29, 0.717) is 0 Å². The van der Waals surface area contributed by atoms with E-state index in [1.165, 1.54) is 19.2 Å². The SMILES string of the molecule is CN1N=C(C(=O)Nc2ccccc2S(=O)(=O)NC(C)(C)C)CCC1=O. The van der Waals surface area contributed by atoms with Crippen molar-refractivity contribution in [3.63, 3.8) is 0 Å². The normalized spacial score (nSPS) is 15.8. The van der Waals surface area contributed by atoms with Crippen LogP contribution in [-0.4, -0.2) is 43.5 Å². The monoisotopic (exact) mass is 366 g/mol. The molecule has 9 heteroatoms. The molecule has 2 rings (SSSR count). The van der Waals surface area contributed by atoms with Crippen LogP contribution in [0.4, 0.5) is 5.69 Å². The molecular weight excluding hydrogens is 344 g/mol. The summed E-state index contributed by atoms with van der Waals surface area (Å²) in [6.07, 6.45) is 0.401. The van der Waals surface area contributed by atoms with Crippen LogP contribution in [0.25, 0.3) is 0 Å². The lowest BCUT2D eigenvalue weighted by Crippen LogP contribution is -2.41. The van der Waals surface area contributed by atoms with E-state index < -0.39 is 21.5 Å². The Kier molecular flexibility index (Phi) is 5.28. The highest BCUT2D eigenvalue weighted by atomic mass is 32.2. The number of hydrazone groups is 1. The lowest BCUT2D eigenvalue weighted by molar-refractivity contribution is -0.130. The maximum atomic E-state index is 12.6. The van der Waals surface area contributed by atoms with Gasteiger partial charge in [-0.05, 0) is 32.9 Å². The quantitative estimate of drug-likeness (QED) is 0.837. The van der Waals surface area contributed by atoms with Gasteiger partial charge in [-0.15, -0.1) is 0 Å². The van der Waals surface area contributed by atoms with Gasteiger partial charge in [0.15, 0.2) is 0 Å². The number of hydrogen-bond acceptors (Lipinski definition) is 5. The van der Waals surface area contributed by atoms with Crippen LogP contribution in [0.15, 0.2) is 34.3 Å². The number of hydrogen-bond donors (Lipinski definition) is 2. The zero-order valence-corrected chi connectivity index (χ0v) is 15.5. The molecule has 0 aromatic heterocycles. The smallest absolute Gasteiger partial charge is 0.271 e. The predicted molar refractivity (Wildman–Crippen MR) is 94.6 cm³/mol. The van der Waals surface area contributed by atoms with Crippen molar-refractivity contribution >= 4 is 33.2 Å². The second-order valence-electron chi connectivity index (χ2n) is 6.77. The maximum absolute atomic E-state index is 12.6. The molecule has 2 N–H and O–H groups in total. The van der Waals surface area contributed by atoms with Crippen molar-refractivity contribution in [3.8, 4) is 0 Å². The van der Waals surface area contributed by atoms with Crippen molar-refractivity contribution in [1.29, 1.82) is 0 Å². The molecule has 0 spiro atoms. The van der Waals surface area contributed by atoms with Crippen molar-refractivity contribution in [1.82, 2.24) is 9.73 Å². The van der Waals surface area contributed by atoms with E-state index in [1.54, 1.807) is 32.9 Å². The van der Waals surface area contributed by atoms with Gasteiger partial charge in [-0.1, -0.05) is 12.1 Å². The van der Waals surface area contributed by atoms with Crippen molar-refractivity contribution in [2.45, 2.75) is 44.0 Å². The van der Waals surface area contributed by atoms with Crippen molar-refractivity contribution in [3.05, 3.63) is 24.3 Å². The van der Waals surface area contributed by atoms with Gasteiger partial charge in [0.1, 0.15) is 10.6 Å². The van der Waals surface area contributed by atoms with E-state index in [4.69, 9.17) is 0 Å². The Labute approximate surface area is 147 Å². The van der Waals surface area contributed by atoms with Crippen LogP contribution in [0.2, 0.25) is 0 Å². The van der Waals surface area contributed by atoms with Crippen LogP contribution in [0.3, 0.4) is 0 Å². The number of carbonyl (C=O) groups excluding carboxylic acids is 2. The summed E-state index contributed by atoms with van der Waals surface area (Å²) in [6, 6.07) is 6.14. The second-order valence-corrected chi connectivity index (χ2v) is 8.42. The molecule has 25 heavy (non-hydrogen) atoms. The Balaban J connectivity index is 2.29. The summed E-state index contributed by atoms with van der Waals surface area (Å²) in [5.74, 6) is -0.702. The number of nitrogens with one attached hydrogen (secondary N) is 2. The molecule has 136 valence electrons. The van der Waals surface area contributed by atoms with Crippen molar-refractivity contribution in [2.24, 2.45) is 5.10 Å². The molecule has 1 aromatic carbocycles. The third-order valence-corrected chi connectivity index (χ3v) is 5.15. The first kappa shape index (κ1) is 19.1. The fourth-order valence-corrected chi connectivity index (χ4v) is 3.87. The number of amides is 2. The van der Waals surface area contributed by atoms with Gasteiger partial charge in [0, 0.05) is 25.4 Å². The summed E-state index contributed by atoms with van der Waals surface area (Å²) < 4.78 is 27.7. The number of nitrogens with zero attached hydrogens (tertiary/aromatic N) is 2. The molecule has 1 aliphatic heterocycles. The topological polar surface area (TPSA) is 108 Å². The van der Waals surface area contributed by atoms with Gasteiger partial charge in [-0.2, -0.15) is 5.10 Å². The summed E-state index contributed by atoms with van der Waals surface area (Å²) in [4.78, 5) is 23.8. The Bertz CT molecular complexity index is 825. The molecule has 0 bridgehead atoms. The number of benzene rings is 1. The summed E-state index contributed by atoms with van der Waals surface area (Å²) in [5.41, 5.74) is -0.323. The zero-order valence-electron chi connectivity index (χ0n) is 14.7. The second kappa shape index (κ2) is 6.93. The molecule has 1 heterocycles. The van der Waals surface area contributed by atoms with Gasteiger partial charge >= 0.3 is 0 Å². The minimum atomic E-state index is -3.81. The Morgan fingerprint density at radius 2 is 1.84 bits per heavy atom. The minimum Gasteiger partial charge on any atom is -0.320 e. The highest BCUT2D eigenvalue weighted by Crippen LogP contribution is 2.22.